The number of aryl methyl sites for hydroxylation is 3. The van der Waals surface area contributed by atoms with Gasteiger partial charge in [-0.1, -0.05) is 41.8 Å². The fourth-order valence-electron chi connectivity index (χ4n) is 7.10. The van der Waals surface area contributed by atoms with E-state index in [1.54, 1.807) is 0 Å². The Balaban J connectivity index is 0.000000192. The Morgan fingerprint density at radius 3 is 2.26 bits per heavy atom. The van der Waals surface area contributed by atoms with Gasteiger partial charge in [-0.2, -0.15) is 0 Å². The molecule has 0 N–H and O–H groups in total. The average molecular weight is 904 g/mol. The smallest absolute Gasteiger partial charge is 0.216 e. The van der Waals surface area contributed by atoms with Crippen molar-refractivity contribution in [1.29, 1.82) is 0 Å². The molecule has 1 fully saturated rings. The number of hydrogen-bond donors (Lipinski definition) is 0. The number of aromatic nitrogens is 4. The molecule has 0 atom stereocenters. The second kappa shape index (κ2) is 15.6. The summed E-state index contributed by atoms with van der Waals surface area (Å²) in [4.78, 5) is 18.5. The molecule has 50 heavy (non-hydrogen) atoms. The molecule has 6 aromatic rings. The number of pyridine rings is 4. The minimum absolute atomic E-state index is 0. The minimum Gasteiger partial charge on any atom is -0.486 e. The molecule has 0 bridgehead atoms. The SMILES string of the molecule is Cc1c[c-]c(-c2cc(CC(C)(C)C)[c]([Ge]([CH3])([CH3])[CH3])cn2)c(C)n1.Cc1ccc2c(n1)oc1c(-c3cc(C4CCCCC4)ccn3)[c-]ccc12.[Ir]. The van der Waals surface area contributed by atoms with Gasteiger partial charge in [-0.15, -0.1) is 18.2 Å². The molecule has 1 radical (unpaired) electrons. The monoisotopic (exact) mass is 905 g/mol. The predicted octanol–water partition coefficient (Wildman–Crippen LogP) is 10.9. The van der Waals surface area contributed by atoms with E-state index in [1.807, 2.05) is 51.2 Å². The van der Waals surface area contributed by atoms with E-state index in [-0.39, 0.29) is 25.5 Å². The van der Waals surface area contributed by atoms with Crippen LogP contribution in [0.5, 0.6) is 0 Å². The van der Waals surface area contributed by atoms with E-state index in [1.165, 1.54) is 47.6 Å². The van der Waals surface area contributed by atoms with Crippen molar-refractivity contribution in [2.45, 2.75) is 103 Å². The van der Waals surface area contributed by atoms with Gasteiger partial charge in [0.25, 0.3) is 0 Å². The fraction of sp³-hybridized carbons (Fsp3) is 0.395. The summed E-state index contributed by atoms with van der Waals surface area (Å²) in [6.45, 7) is 12.9. The van der Waals surface area contributed by atoms with Crippen LogP contribution >= 0.6 is 0 Å². The van der Waals surface area contributed by atoms with Crippen LogP contribution in [0.25, 0.3) is 44.6 Å². The molecular weight excluding hydrogens is 853 g/mol. The van der Waals surface area contributed by atoms with E-state index < -0.39 is 13.3 Å². The Kier molecular flexibility index (Phi) is 11.9. The van der Waals surface area contributed by atoms with Crippen molar-refractivity contribution in [3.63, 3.8) is 0 Å². The van der Waals surface area contributed by atoms with E-state index in [2.05, 4.69) is 95.6 Å². The normalized spacial score (nSPS) is 13.9. The molecule has 5 aromatic heterocycles. The summed E-state index contributed by atoms with van der Waals surface area (Å²) in [6.07, 6.45) is 11.7. The molecule has 7 heteroatoms. The molecule has 1 saturated carbocycles. The van der Waals surface area contributed by atoms with E-state index in [0.29, 0.717) is 11.6 Å². The van der Waals surface area contributed by atoms with Crippen molar-refractivity contribution in [2.75, 3.05) is 0 Å². The first-order chi connectivity index (χ1) is 23.3. The number of nitrogens with zero attached hydrogens (tertiary/aromatic N) is 4. The third-order valence-corrected chi connectivity index (χ3v) is 13.8. The Morgan fingerprint density at radius 2 is 1.56 bits per heavy atom. The Labute approximate surface area is 314 Å². The van der Waals surface area contributed by atoms with Crippen LogP contribution in [0.2, 0.25) is 17.3 Å². The van der Waals surface area contributed by atoms with Crippen molar-refractivity contribution < 1.29 is 24.5 Å². The quantitative estimate of drug-likeness (QED) is 0.127. The van der Waals surface area contributed by atoms with Crippen LogP contribution in [0.15, 0.2) is 65.3 Å². The molecule has 1 aliphatic carbocycles. The van der Waals surface area contributed by atoms with Gasteiger partial charge in [0.2, 0.25) is 5.71 Å². The largest absolute Gasteiger partial charge is 0.486 e. The average Bonchev–Trinajstić information content (AvgIpc) is 3.42. The fourth-order valence-corrected chi connectivity index (χ4v) is 10.4. The van der Waals surface area contributed by atoms with E-state index in [4.69, 9.17) is 9.40 Å². The van der Waals surface area contributed by atoms with Crippen molar-refractivity contribution in [1.82, 2.24) is 19.9 Å². The van der Waals surface area contributed by atoms with Crippen molar-refractivity contribution in [2.24, 2.45) is 5.41 Å². The number of fused-ring (bicyclic) bond motifs is 3. The first-order valence-corrected chi connectivity index (χ1v) is 25.1. The number of benzene rings is 1. The van der Waals surface area contributed by atoms with Gasteiger partial charge in [-0.05, 0) is 49.6 Å². The third kappa shape index (κ3) is 8.81. The van der Waals surface area contributed by atoms with Gasteiger partial charge in [0.1, 0.15) is 0 Å². The van der Waals surface area contributed by atoms with Gasteiger partial charge in [0.05, 0.1) is 5.58 Å². The van der Waals surface area contributed by atoms with Crippen molar-refractivity contribution in [3.8, 4) is 22.5 Å². The molecule has 0 aliphatic heterocycles. The molecular formula is C43H50GeIrN4O-2. The summed E-state index contributed by atoms with van der Waals surface area (Å²) in [5.74, 6) is 7.97. The predicted molar refractivity (Wildman–Crippen MR) is 206 cm³/mol. The topological polar surface area (TPSA) is 64.7 Å². The molecule has 5 heterocycles. The van der Waals surface area contributed by atoms with E-state index in [0.717, 1.165) is 62.4 Å². The molecule has 0 amide bonds. The molecule has 0 saturated heterocycles. The summed E-state index contributed by atoms with van der Waals surface area (Å²) in [7, 11) is 0. The van der Waals surface area contributed by atoms with Gasteiger partial charge in [0.15, 0.2) is 0 Å². The third-order valence-electron chi connectivity index (χ3n) is 9.46. The standard InChI is InChI=1S/C23H21N2O.C20H29GeN2.Ir/c1-15-10-11-19-18-8-5-9-20(22(18)26-23(19)25-15)21-14-17(12-13-24-21)16-6-3-2-4-7-16;1-14-9-10-17(15(2)23-14)19-11-16(12-20(3,4)5)18(13-22-19)21(6,7)8;/h5,8,10-14,16H,2-4,6-7H2,1H3;9,11,13H,12H2,1-8H3;/q2*-1;. The van der Waals surface area contributed by atoms with Crippen molar-refractivity contribution >= 4 is 39.7 Å². The van der Waals surface area contributed by atoms with Gasteiger partial charge < -0.3 is 9.40 Å². The van der Waals surface area contributed by atoms with E-state index >= 15 is 0 Å². The van der Waals surface area contributed by atoms with E-state index in [9.17, 15) is 0 Å². The second-order valence-electron chi connectivity index (χ2n) is 16.0. The Morgan fingerprint density at radius 1 is 0.820 bits per heavy atom. The molecule has 1 aromatic carbocycles. The van der Waals surface area contributed by atoms with Gasteiger partial charge in [-0.25, -0.2) is 4.98 Å². The molecule has 0 spiro atoms. The molecule has 7 rings (SSSR count). The number of furan rings is 1. The number of hydrogen-bond acceptors (Lipinski definition) is 5. The summed E-state index contributed by atoms with van der Waals surface area (Å²) in [6, 6.07) is 23.5. The summed E-state index contributed by atoms with van der Waals surface area (Å²) in [5.41, 5.74) is 11.5. The maximum atomic E-state index is 6.12. The van der Waals surface area contributed by atoms with Gasteiger partial charge >= 0.3 is 144 Å². The van der Waals surface area contributed by atoms with Crippen LogP contribution < -0.4 is 4.40 Å². The Bertz CT molecular complexity index is 2100. The summed E-state index contributed by atoms with van der Waals surface area (Å²) >= 11 is -1.94. The molecule has 263 valence electrons. The second-order valence-corrected chi connectivity index (χ2v) is 26.6. The van der Waals surface area contributed by atoms with Crippen molar-refractivity contribution in [3.05, 3.63) is 101 Å². The molecule has 5 nitrogen and oxygen atoms in total. The number of rotatable bonds is 5. The first kappa shape index (κ1) is 38.1. The van der Waals surface area contributed by atoms with Crippen LogP contribution in [0.3, 0.4) is 0 Å². The van der Waals surface area contributed by atoms with Crippen LogP contribution in [0, 0.1) is 38.3 Å². The molecule has 1 aliphatic rings. The maximum Gasteiger partial charge on any atom is 0.216 e. The zero-order chi connectivity index (χ0) is 34.9. The zero-order valence-corrected chi connectivity index (χ0v) is 35.6. The minimum atomic E-state index is -1.94. The first-order valence-electron chi connectivity index (χ1n) is 17.8. The van der Waals surface area contributed by atoms with Crippen LogP contribution in [0.4, 0.5) is 0 Å². The molecule has 0 unspecified atom stereocenters. The zero-order valence-electron chi connectivity index (χ0n) is 31.1. The Hall–Kier alpha value is -3.19. The summed E-state index contributed by atoms with van der Waals surface area (Å²) in [5, 5.41) is 2.12. The van der Waals surface area contributed by atoms with Crippen LogP contribution in [-0.4, -0.2) is 33.2 Å². The van der Waals surface area contributed by atoms with Crippen LogP contribution in [0.1, 0.15) is 87.0 Å². The maximum absolute atomic E-state index is 6.12. The summed E-state index contributed by atoms with van der Waals surface area (Å²) < 4.78 is 7.64. The van der Waals surface area contributed by atoms with Gasteiger partial charge in [-0.3, -0.25) is 0 Å². The van der Waals surface area contributed by atoms with Crippen LogP contribution in [-0.2, 0) is 26.5 Å². The van der Waals surface area contributed by atoms with Gasteiger partial charge in [0, 0.05) is 37.4 Å².